The Morgan fingerprint density at radius 1 is 1.06 bits per heavy atom. The number of hydrogen-bond donors (Lipinski definition) is 2. The lowest BCUT2D eigenvalue weighted by Gasteiger charge is -2.41. The molecule has 0 amide bonds. The molecular weight excluding hydrogens is 219 g/mol. The zero-order chi connectivity index (χ0) is 12.4. The van der Waals surface area contributed by atoms with Crippen molar-refractivity contribution in [2.24, 2.45) is 5.73 Å². The third-order valence-corrected chi connectivity index (χ3v) is 4.87. The smallest absolute Gasteiger partial charge is 0.258 e. The van der Waals surface area contributed by atoms with Gasteiger partial charge in [-0.1, -0.05) is 56.7 Å². The van der Waals surface area contributed by atoms with Gasteiger partial charge in [-0.05, 0) is 23.3 Å². The number of benzene rings is 1. The molecule has 0 aromatic heterocycles. The van der Waals surface area contributed by atoms with E-state index in [-0.39, 0.29) is 0 Å². The van der Waals surface area contributed by atoms with Crippen molar-refractivity contribution in [3.05, 3.63) is 29.8 Å². The molecular formula is C15H23BN2. The first kappa shape index (κ1) is 12.1. The predicted molar refractivity (Wildman–Crippen MR) is 78.9 cm³/mol. The van der Waals surface area contributed by atoms with Gasteiger partial charge in [-0.3, -0.25) is 0 Å². The number of anilines is 1. The van der Waals surface area contributed by atoms with E-state index in [1.165, 1.54) is 49.8 Å². The number of rotatable bonds is 3. The monoisotopic (exact) mass is 242 g/mol. The molecule has 3 heteroatoms. The maximum atomic E-state index is 5.83. The van der Waals surface area contributed by atoms with E-state index in [1.54, 1.807) is 0 Å². The van der Waals surface area contributed by atoms with Crippen LogP contribution < -0.4 is 11.0 Å². The highest BCUT2D eigenvalue weighted by Gasteiger charge is 2.39. The fourth-order valence-corrected chi connectivity index (χ4v) is 3.93. The molecule has 2 fully saturated rings. The first-order valence-electron chi connectivity index (χ1n) is 7.43. The van der Waals surface area contributed by atoms with Crippen molar-refractivity contribution in [1.29, 1.82) is 0 Å². The van der Waals surface area contributed by atoms with Gasteiger partial charge in [-0.25, -0.2) is 0 Å². The van der Waals surface area contributed by atoms with Crippen molar-refractivity contribution in [3.63, 3.8) is 0 Å². The Morgan fingerprint density at radius 3 is 2.28 bits per heavy atom. The van der Waals surface area contributed by atoms with Gasteiger partial charge in [-0.2, -0.15) is 0 Å². The lowest BCUT2D eigenvalue weighted by molar-refractivity contribution is 0.445. The molecule has 0 spiro atoms. The minimum Gasteiger partial charge on any atom is -0.427 e. The summed E-state index contributed by atoms with van der Waals surface area (Å²) in [6.07, 6.45) is 8.54. The largest absolute Gasteiger partial charge is 0.427 e. The van der Waals surface area contributed by atoms with Crippen molar-refractivity contribution < 1.29 is 0 Å². The molecule has 2 heterocycles. The summed E-state index contributed by atoms with van der Waals surface area (Å²) in [6, 6.07) is 8.52. The highest BCUT2D eigenvalue weighted by molar-refractivity contribution is 6.66. The molecule has 3 rings (SSSR count). The van der Waals surface area contributed by atoms with Crippen LogP contribution in [0.15, 0.2) is 24.3 Å². The number of para-hydroxylation sites is 1. The third-order valence-electron chi connectivity index (χ3n) is 4.87. The van der Waals surface area contributed by atoms with Gasteiger partial charge in [0.25, 0.3) is 6.85 Å². The van der Waals surface area contributed by atoms with Gasteiger partial charge < -0.3 is 11.0 Å². The van der Waals surface area contributed by atoms with E-state index in [0.717, 1.165) is 11.6 Å². The van der Waals surface area contributed by atoms with E-state index in [9.17, 15) is 0 Å². The Hall–Kier alpha value is -0.955. The second-order valence-electron chi connectivity index (χ2n) is 5.91. The van der Waals surface area contributed by atoms with E-state index in [0.29, 0.717) is 13.4 Å². The Labute approximate surface area is 110 Å². The van der Waals surface area contributed by atoms with Crippen LogP contribution in [-0.2, 0) is 6.54 Å². The van der Waals surface area contributed by atoms with Crippen LogP contribution in [0.25, 0.3) is 0 Å². The second kappa shape index (κ2) is 5.35. The molecule has 0 aliphatic carbocycles. The minimum atomic E-state index is 0.630. The van der Waals surface area contributed by atoms with Gasteiger partial charge in [0.2, 0.25) is 0 Å². The Morgan fingerprint density at radius 2 is 1.67 bits per heavy atom. The van der Waals surface area contributed by atoms with Crippen LogP contribution in [-0.4, -0.2) is 6.85 Å². The van der Waals surface area contributed by atoms with Crippen molar-refractivity contribution >= 4 is 12.5 Å². The van der Waals surface area contributed by atoms with Crippen molar-refractivity contribution in [2.45, 2.75) is 56.7 Å². The van der Waals surface area contributed by atoms with Crippen LogP contribution >= 0.6 is 0 Å². The predicted octanol–water partition coefficient (Wildman–Crippen LogP) is 3.66. The van der Waals surface area contributed by atoms with Crippen LogP contribution in [0.2, 0.25) is 11.6 Å². The average molecular weight is 242 g/mol. The summed E-state index contributed by atoms with van der Waals surface area (Å²) in [6.45, 7) is 1.32. The normalized spacial score (nSPS) is 27.1. The van der Waals surface area contributed by atoms with Gasteiger partial charge in [0.05, 0.1) is 0 Å². The quantitative estimate of drug-likeness (QED) is 0.794. The summed E-state index contributed by atoms with van der Waals surface area (Å²) >= 11 is 0. The second-order valence-corrected chi connectivity index (χ2v) is 5.91. The summed E-state index contributed by atoms with van der Waals surface area (Å²) in [5.41, 5.74) is 8.35. The molecule has 2 aliphatic rings. The molecule has 0 saturated carbocycles. The molecule has 18 heavy (non-hydrogen) atoms. The first-order chi connectivity index (χ1) is 8.88. The third kappa shape index (κ3) is 2.28. The van der Waals surface area contributed by atoms with E-state index in [1.807, 2.05) is 0 Å². The van der Waals surface area contributed by atoms with Crippen LogP contribution in [0.5, 0.6) is 0 Å². The van der Waals surface area contributed by atoms with Gasteiger partial charge >= 0.3 is 0 Å². The topological polar surface area (TPSA) is 38.0 Å². The van der Waals surface area contributed by atoms with E-state index in [4.69, 9.17) is 5.73 Å². The summed E-state index contributed by atoms with van der Waals surface area (Å²) in [4.78, 5) is 0. The van der Waals surface area contributed by atoms with Gasteiger partial charge in [0.15, 0.2) is 0 Å². The summed E-state index contributed by atoms with van der Waals surface area (Å²) in [5.74, 6) is 1.78. The SMILES string of the molecule is NCc1ccccc1NB1C2CCCC1CCC2. The molecule has 0 radical (unpaired) electrons. The molecule has 2 bridgehead atoms. The van der Waals surface area contributed by atoms with E-state index < -0.39 is 0 Å². The fourth-order valence-electron chi connectivity index (χ4n) is 3.93. The molecule has 3 N–H and O–H groups in total. The van der Waals surface area contributed by atoms with Crippen molar-refractivity contribution in [1.82, 2.24) is 0 Å². The molecule has 2 nitrogen and oxygen atoms in total. The standard InChI is InChI=1S/C15H23BN2/c17-11-12-5-1-2-10-15(12)18-16-13-6-3-7-14(16)9-4-8-13/h1-2,5,10,13-14,18H,3-4,6-9,11,17H2. The first-order valence-corrected chi connectivity index (χ1v) is 7.43. The van der Waals surface area contributed by atoms with E-state index in [2.05, 4.69) is 29.5 Å². The summed E-state index contributed by atoms with van der Waals surface area (Å²) in [5, 5.41) is 3.82. The molecule has 1 aromatic carbocycles. The highest BCUT2D eigenvalue weighted by Crippen LogP contribution is 2.46. The van der Waals surface area contributed by atoms with Crippen LogP contribution in [0, 0.1) is 0 Å². The Kier molecular flexibility index (Phi) is 3.60. The van der Waals surface area contributed by atoms with Gasteiger partial charge in [0.1, 0.15) is 0 Å². The number of nitrogens with one attached hydrogen (secondary N) is 1. The number of fused-ring (bicyclic) bond motifs is 2. The molecule has 2 aliphatic heterocycles. The summed E-state index contributed by atoms with van der Waals surface area (Å²) < 4.78 is 0. The van der Waals surface area contributed by atoms with E-state index >= 15 is 0 Å². The van der Waals surface area contributed by atoms with Crippen LogP contribution in [0.4, 0.5) is 5.69 Å². The van der Waals surface area contributed by atoms with Gasteiger partial charge in [-0.15, -0.1) is 0 Å². The molecule has 2 saturated heterocycles. The Bertz CT molecular complexity index is 385. The zero-order valence-electron chi connectivity index (χ0n) is 11.1. The highest BCUT2D eigenvalue weighted by atomic mass is 14.8. The van der Waals surface area contributed by atoms with Crippen LogP contribution in [0.1, 0.15) is 44.1 Å². The maximum absolute atomic E-state index is 5.83. The molecule has 0 unspecified atom stereocenters. The van der Waals surface area contributed by atoms with Crippen molar-refractivity contribution in [3.8, 4) is 0 Å². The average Bonchev–Trinajstić information content (AvgIpc) is 2.39. The Balaban J connectivity index is 1.78. The van der Waals surface area contributed by atoms with Gasteiger partial charge in [0, 0.05) is 12.2 Å². The number of nitrogens with two attached hydrogens (primary N) is 1. The maximum Gasteiger partial charge on any atom is 0.258 e. The minimum absolute atomic E-state index is 0.630. The zero-order valence-corrected chi connectivity index (χ0v) is 11.1. The molecule has 96 valence electrons. The number of hydrogen-bond acceptors (Lipinski definition) is 2. The van der Waals surface area contributed by atoms with Crippen LogP contribution in [0.3, 0.4) is 0 Å². The summed E-state index contributed by atoms with van der Waals surface area (Å²) in [7, 11) is 0. The fraction of sp³-hybridized carbons (Fsp3) is 0.600. The lowest BCUT2D eigenvalue weighted by Crippen LogP contribution is -2.41. The lowest BCUT2D eigenvalue weighted by atomic mass is 9.34. The molecule has 0 atom stereocenters. The van der Waals surface area contributed by atoms with Crippen molar-refractivity contribution in [2.75, 3.05) is 5.23 Å². The molecule has 1 aromatic rings.